The van der Waals surface area contributed by atoms with Gasteiger partial charge in [-0.2, -0.15) is 0 Å². The lowest BCUT2D eigenvalue weighted by Crippen LogP contribution is -2.17. The number of hydrogen-bond donors (Lipinski definition) is 1. The SMILES string of the molecule is O=C(Cc1ncc[nH]1)c1ccc(OC(F)(F)F)cc1. The normalized spacial score (nSPS) is 11.3. The van der Waals surface area contributed by atoms with Crippen LogP contribution in [0.3, 0.4) is 0 Å². The first-order chi connectivity index (χ1) is 8.94. The van der Waals surface area contributed by atoms with Gasteiger partial charge in [0.2, 0.25) is 0 Å². The van der Waals surface area contributed by atoms with Crippen LogP contribution in [0.5, 0.6) is 5.75 Å². The molecule has 1 aromatic heterocycles. The quantitative estimate of drug-likeness (QED) is 0.869. The van der Waals surface area contributed by atoms with E-state index in [0.717, 1.165) is 12.1 Å². The summed E-state index contributed by atoms with van der Waals surface area (Å²) in [6.45, 7) is 0. The first-order valence-corrected chi connectivity index (χ1v) is 5.31. The molecule has 0 unspecified atom stereocenters. The van der Waals surface area contributed by atoms with E-state index in [2.05, 4.69) is 14.7 Å². The highest BCUT2D eigenvalue weighted by Crippen LogP contribution is 2.22. The predicted molar refractivity (Wildman–Crippen MR) is 59.7 cm³/mol. The van der Waals surface area contributed by atoms with Gasteiger partial charge in [0, 0.05) is 18.0 Å². The molecule has 100 valence electrons. The van der Waals surface area contributed by atoms with Gasteiger partial charge < -0.3 is 9.72 Å². The third-order valence-electron chi connectivity index (χ3n) is 2.29. The molecule has 0 aliphatic carbocycles. The number of carbonyl (C=O) groups excluding carboxylic acids is 1. The number of hydrogen-bond acceptors (Lipinski definition) is 3. The van der Waals surface area contributed by atoms with Crippen molar-refractivity contribution in [3.05, 3.63) is 48.0 Å². The molecule has 0 radical (unpaired) electrons. The van der Waals surface area contributed by atoms with E-state index in [1.165, 1.54) is 18.3 Å². The van der Waals surface area contributed by atoms with Crippen molar-refractivity contribution in [1.82, 2.24) is 9.97 Å². The number of nitrogens with one attached hydrogen (secondary N) is 1. The third kappa shape index (κ3) is 3.84. The number of alkyl halides is 3. The number of ketones is 1. The zero-order valence-corrected chi connectivity index (χ0v) is 9.57. The number of H-pyrrole nitrogens is 1. The van der Waals surface area contributed by atoms with Crippen LogP contribution in [-0.2, 0) is 6.42 Å². The highest BCUT2D eigenvalue weighted by molar-refractivity contribution is 5.97. The summed E-state index contributed by atoms with van der Waals surface area (Å²) in [6, 6.07) is 4.77. The maximum absolute atomic E-state index is 12.0. The van der Waals surface area contributed by atoms with E-state index in [9.17, 15) is 18.0 Å². The van der Waals surface area contributed by atoms with Crippen LogP contribution in [-0.4, -0.2) is 22.1 Å². The summed E-state index contributed by atoms with van der Waals surface area (Å²) in [5.41, 5.74) is 0.297. The molecule has 4 nitrogen and oxygen atoms in total. The van der Waals surface area contributed by atoms with Crippen molar-refractivity contribution in [1.29, 1.82) is 0 Å². The molecule has 0 amide bonds. The molecule has 2 rings (SSSR count). The maximum Gasteiger partial charge on any atom is 0.573 e. The summed E-state index contributed by atoms with van der Waals surface area (Å²) < 4.78 is 39.6. The maximum atomic E-state index is 12.0. The third-order valence-corrected chi connectivity index (χ3v) is 2.29. The van der Waals surface area contributed by atoms with Crippen LogP contribution in [0, 0.1) is 0 Å². The highest BCUT2D eigenvalue weighted by atomic mass is 19.4. The minimum Gasteiger partial charge on any atom is -0.406 e. The Hall–Kier alpha value is -2.31. The summed E-state index contributed by atoms with van der Waals surface area (Å²) in [7, 11) is 0. The molecular weight excluding hydrogens is 261 g/mol. The number of aromatic amines is 1. The van der Waals surface area contributed by atoms with Crippen LogP contribution >= 0.6 is 0 Å². The van der Waals surface area contributed by atoms with Crippen molar-refractivity contribution in [2.75, 3.05) is 0 Å². The van der Waals surface area contributed by atoms with E-state index in [4.69, 9.17) is 0 Å². The molecule has 0 aliphatic rings. The topological polar surface area (TPSA) is 55.0 Å². The molecule has 0 spiro atoms. The molecule has 1 N–H and O–H groups in total. The van der Waals surface area contributed by atoms with Crippen molar-refractivity contribution in [2.24, 2.45) is 0 Å². The van der Waals surface area contributed by atoms with E-state index < -0.39 is 6.36 Å². The minimum absolute atomic E-state index is 0.0620. The first-order valence-electron chi connectivity index (χ1n) is 5.31. The molecule has 19 heavy (non-hydrogen) atoms. The number of halogens is 3. The van der Waals surface area contributed by atoms with Gasteiger partial charge in [0.05, 0.1) is 6.42 Å². The van der Waals surface area contributed by atoms with Crippen molar-refractivity contribution >= 4 is 5.78 Å². The number of ether oxygens (including phenoxy) is 1. The Bertz CT molecular complexity index is 547. The van der Waals surface area contributed by atoms with Crippen LogP contribution in [0.15, 0.2) is 36.7 Å². The fourth-order valence-corrected chi connectivity index (χ4v) is 1.49. The predicted octanol–water partition coefficient (Wildman–Crippen LogP) is 2.73. The zero-order valence-electron chi connectivity index (χ0n) is 9.57. The van der Waals surface area contributed by atoms with Crippen molar-refractivity contribution in [2.45, 2.75) is 12.8 Å². The van der Waals surface area contributed by atoms with Crippen molar-refractivity contribution in [3.8, 4) is 5.75 Å². The summed E-state index contributed by atoms with van der Waals surface area (Å²) in [6.07, 6.45) is -1.57. The number of benzene rings is 1. The number of imidazole rings is 1. The molecule has 2 aromatic rings. The van der Waals surface area contributed by atoms with E-state index in [0.29, 0.717) is 11.4 Å². The Labute approximate surface area is 106 Å². The van der Waals surface area contributed by atoms with Crippen LogP contribution in [0.2, 0.25) is 0 Å². The first kappa shape index (κ1) is 13.1. The molecule has 0 atom stereocenters. The lowest BCUT2D eigenvalue weighted by molar-refractivity contribution is -0.274. The Morgan fingerprint density at radius 2 is 1.95 bits per heavy atom. The van der Waals surface area contributed by atoms with Crippen molar-refractivity contribution < 1.29 is 22.7 Å². The van der Waals surface area contributed by atoms with Gasteiger partial charge in [-0.05, 0) is 24.3 Å². The average molecular weight is 270 g/mol. The average Bonchev–Trinajstić information content (AvgIpc) is 2.80. The lowest BCUT2D eigenvalue weighted by Gasteiger charge is -2.08. The largest absolute Gasteiger partial charge is 0.573 e. The van der Waals surface area contributed by atoms with Gasteiger partial charge in [0.15, 0.2) is 5.78 Å². The van der Waals surface area contributed by atoms with Gasteiger partial charge in [-0.3, -0.25) is 4.79 Å². The van der Waals surface area contributed by atoms with Gasteiger partial charge >= 0.3 is 6.36 Å². The second-order valence-corrected chi connectivity index (χ2v) is 3.71. The van der Waals surface area contributed by atoms with Crippen molar-refractivity contribution in [3.63, 3.8) is 0 Å². The summed E-state index contributed by atoms with van der Waals surface area (Å²) in [5.74, 6) is -0.101. The molecule has 0 saturated carbocycles. The molecule has 0 bridgehead atoms. The Morgan fingerprint density at radius 1 is 1.26 bits per heavy atom. The van der Waals surface area contributed by atoms with Gasteiger partial charge in [0.25, 0.3) is 0 Å². The van der Waals surface area contributed by atoms with Crippen LogP contribution in [0.4, 0.5) is 13.2 Å². The fraction of sp³-hybridized carbons (Fsp3) is 0.167. The second kappa shape index (κ2) is 5.13. The molecular formula is C12H9F3N2O2. The summed E-state index contributed by atoms with van der Waals surface area (Å²) in [4.78, 5) is 18.5. The number of Topliss-reactive ketones (excluding diaryl/α,β-unsaturated/α-hetero) is 1. The Morgan fingerprint density at radius 3 is 2.47 bits per heavy atom. The highest BCUT2D eigenvalue weighted by Gasteiger charge is 2.31. The van der Waals surface area contributed by atoms with Gasteiger partial charge in [-0.25, -0.2) is 4.98 Å². The fourth-order valence-electron chi connectivity index (χ4n) is 1.49. The number of rotatable bonds is 4. The Kier molecular flexibility index (Phi) is 3.55. The zero-order chi connectivity index (χ0) is 13.9. The van der Waals surface area contributed by atoms with E-state index in [1.807, 2.05) is 0 Å². The number of carbonyl (C=O) groups is 1. The molecule has 7 heteroatoms. The molecule has 0 saturated heterocycles. The van der Waals surface area contributed by atoms with Gasteiger partial charge in [0.1, 0.15) is 11.6 Å². The Balaban J connectivity index is 2.04. The van der Waals surface area contributed by atoms with Gasteiger partial charge in [-0.1, -0.05) is 0 Å². The molecule has 0 aliphatic heterocycles. The van der Waals surface area contributed by atoms with Gasteiger partial charge in [-0.15, -0.1) is 13.2 Å². The smallest absolute Gasteiger partial charge is 0.406 e. The number of nitrogens with zero attached hydrogens (tertiary/aromatic N) is 1. The number of aromatic nitrogens is 2. The molecule has 1 heterocycles. The standard InChI is InChI=1S/C12H9F3N2O2/c13-12(14,15)19-9-3-1-8(2-4-9)10(18)7-11-16-5-6-17-11/h1-6H,7H2,(H,16,17). The summed E-state index contributed by atoms with van der Waals surface area (Å²) in [5, 5.41) is 0. The second-order valence-electron chi connectivity index (χ2n) is 3.71. The van der Waals surface area contributed by atoms with E-state index >= 15 is 0 Å². The van der Waals surface area contributed by atoms with Crippen LogP contribution in [0.25, 0.3) is 0 Å². The lowest BCUT2D eigenvalue weighted by atomic mass is 10.1. The molecule has 0 fully saturated rings. The summed E-state index contributed by atoms with van der Waals surface area (Å²) >= 11 is 0. The molecule has 1 aromatic carbocycles. The monoisotopic (exact) mass is 270 g/mol. The van der Waals surface area contributed by atoms with Crippen LogP contribution in [0.1, 0.15) is 16.2 Å². The van der Waals surface area contributed by atoms with E-state index in [-0.39, 0.29) is 18.0 Å². The van der Waals surface area contributed by atoms with Crippen LogP contribution < -0.4 is 4.74 Å². The minimum atomic E-state index is -4.74. The van der Waals surface area contributed by atoms with E-state index in [1.54, 1.807) is 6.20 Å².